The van der Waals surface area contributed by atoms with Gasteiger partial charge in [0.15, 0.2) is 10.0 Å². The van der Waals surface area contributed by atoms with Crippen LogP contribution in [-0.2, 0) is 4.74 Å². The average Bonchev–Trinajstić information content (AvgIpc) is 3.24. The van der Waals surface area contributed by atoms with Gasteiger partial charge < -0.3 is 9.84 Å². The number of aliphatic hydroxyl groups excluding tert-OH is 1. The highest BCUT2D eigenvalue weighted by Gasteiger charge is 2.40. The van der Waals surface area contributed by atoms with Crippen LogP contribution in [0.4, 0.5) is 0 Å². The number of hydrogen-bond acceptors (Lipinski definition) is 6. The smallest absolute Gasteiger partial charge is 0.357 e. The molecule has 2 rings (SSSR count). The zero-order valence-corrected chi connectivity index (χ0v) is 19.5. The Bertz CT molecular complexity index is 584. The van der Waals surface area contributed by atoms with E-state index in [0.29, 0.717) is 30.6 Å². The Kier molecular flexibility index (Phi) is 11.2. The lowest BCUT2D eigenvalue weighted by molar-refractivity contribution is 0.0520. The number of alkyl halides is 1. The minimum atomic E-state index is -0.357. The molecule has 1 aliphatic rings. The van der Waals surface area contributed by atoms with E-state index >= 15 is 0 Å². The summed E-state index contributed by atoms with van der Waals surface area (Å²) >= 11 is 9.71. The molecule has 0 saturated heterocycles. The number of carbonyl (C=O) groups excluding carboxylic acids is 1. The maximum atomic E-state index is 11.7. The van der Waals surface area contributed by atoms with Gasteiger partial charge in [-0.2, -0.15) is 0 Å². The monoisotopic (exact) mass is 447 g/mol. The molecule has 28 heavy (non-hydrogen) atoms. The molecular weight excluding hydrogens is 414 g/mol. The third-order valence-electron chi connectivity index (χ3n) is 5.51. The third-order valence-corrected chi connectivity index (χ3v) is 8.07. The standard InChI is InChI=1S/C21H34ClNO3S2/c1-3-5-6-7-8-9-10-16-15(17(22)13-19(16)24)11-12-27-21-23-18(14-28-21)20(25)26-4-2/h14-17,19,24H,3-13H2,1-2H3/t15-,16?,17?,19-/m1/s1. The number of carbonyl (C=O) groups is 1. The largest absolute Gasteiger partial charge is 0.461 e. The zero-order chi connectivity index (χ0) is 20.4. The van der Waals surface area contributed by atoms with Gasteiger partial charge in [-0.05, 0) is 38.0 Å². The first-order chi connectivity index (χ1) is 13.6. The quantitative estimate of drug-likeness (QED) is 0.170. The summed E-state index contributed by atoms with van der Waals surface area (Å²) < 4.78 is 5.88. The number of nitrogens with zero attached hydrogens (tertiary/aromatic N) is 1. The molecule has 0 aromatic carbocycles. The van der Waals surface area contributed by atoms with Crippen molar-refractivity contribution in [3.8, 4) is 0 Å². The average molecular weight is 448 g/mol. The van der Waals surface area contributed by atoms with Crippen LogP contribution in [0.15, 0.2) is 9.72 Å². The molecule has 0 radical (unpaired) electrons. The molecule has 1 fully saturated rings. The van der Waals surface area contributed by atoms with Gasteiger partial charge in [0.1, 0.15) is 0 Å². The van der Waals surface area contributed by atoms with Gasteiger partial charge in [0, 0.05) is 16.5 Å². The molecule has 2 unspecified atom stereocenters. The Labute approximate surface area is 182 Å². The maximum Gasteiger partial charge on any atom is 0.357 e. The lowest BCUT2D eigenvalue weighted by Gasteiger charge is -2.23. The lowest BCUT2D eigenvalue weighted by atomic mass is 9.87. The van der Waals surface area contributed by atoms with E-state index in [4.69, 9.17) is 16.3 Å². The minimum Gasteiger partial charge on any atom is -0.461 e. The van der Waals surface area contributed by atoms with Gasteiger partial charge in [0.05, 0.1) is 12.7 Å². The molecule has 1 saturated carbocycles. The van der Waals surface area contributed by atoms with Crippen LogP contribution in [-0.4, -0.2) is 39.9 Å². The van der Waals surface area contributed by atoms with E-state index in [1.54, 1.807) is 24.1 Å². The summed E-state index contributed by atoms with van der Waals surface area (Å²) in [5, 5.41) is 12.3. The summed E-state index contributed by atoms with van der Waals surface area (Å²) in [5.41, 5.74) is 0.391. The fourth-order valence-corrected chi connectivity index (χ4v) is 6.40. The van der Waals surface area contributed by atoms with Gasteiger partial charge in [0.25, 0.3) is 0 Å². The van der Waals surface area contributed by atoms with Crippen molar-refractivity contribution in [1.29, 1.82) is 0 Å². The zero-order valence-electron chi connectivity index (χ0n) is 17.1. The normalized spacial score (nSPS) is 24.6. The predicted octanol–water partition coefficient (Wildman–Crippen LogP) is 6.16. The van der Waals surface area contributed by atoms with Crippen molar-refractivity contribution in [2.24, 2.45) is 11.8 Å². The highest BCUT2D eigenvalue weighted by atomic mass is 35.5. The van der Waals surface area contributed by atoms with Crippen molar-refractivity contribution in [3.05, 3.63) is 11.1 Å². The van der Waals surface area contributed by atoms with Crippen molar-refractivity contribution < 1.29 is 14.6 Å². The molecule has 7 heteroatoms. The van der Waals surface area contributed by atoms with Crippen LogP contribution < -0.4 is 0 Å². The van der Waals surface area contributed by atoms with Gasteiger partial charge in [0.2, 0.25) is 0 Å². The molecule has 0 aliphatic heterocycles. The Morgan fingerprint density at radius 1 is 1.25 bits per heavy atom. The Morgan fingerprint density at radius 3 is 2.75 bits per heavy atom. The molecule has 4 atom stereocenters. The highest BCUT2D eigenvalue weighted by molar-refractivity contribution is 8.01. The first kappa shape index (κ1) is 24.0. The molecule has 4 nitrogen and oxygen atoms in total. The van der Waals surface area contributed by atoms with Crippen LogP contribution in [0.5, 0.6) is 0 Å². The summed E-state index contributed by atoms with van der Waals surface area (Å²) in [4.78, 5) is 16.1. The molecule has 0 spiro atoms. The van der Waals surface area contributed by atoms with Gasteiger partial charge in [-0.15, -0.1) is 22.9 Å². The van der Waals surface area contributed by atoms with E-state index in [-0.39, 0.29) is 17.5 Å². The van der Waals surface area contributed by atoms with E-state index in [9.17, 15) is 9.90 Å². The SMILES string of the molecule is CCCCCCCCC1[C@@H](CCSc2nc(C(=O)OCC)cs2)C(Cl)C[C@H]1O. The fourth-order valence-electron chi connectivity index (χ4n) is 4.00. The molecule has 160 valence electrons. The second kappa shape index (κ2) is 13.1. The Balaban J connectivity index is 1.75. The van der Waals surface area contributed by atoms with Crippen molar-refractivity contribution >= 4 is 40.7 Å². The summed E-state index contributed by atoms with van der Waals surface area (Å²) in [6, 6.07) is 0. The second-order valence-corrected chi connectivity index (χ2v) is 10.3. The molecule has 1 N–H and O–H groups in total. The van der Waals surface area contributed by atoms with Crippen LogP contribution in [0.3, 0.4) is 0 Å². The van der Waals surface area contributed by atoms with Gasteiger partial charge in [-0.3, -0.25) is 0 Å². The van der Waals surface area contributed by atoms with Gasteiger partial charge in [-0.1, -0.05) is 57.2 Å². The number of rotatable bonds is 13. The van der Waals surface area contributed by atoms with Crippen molar-refractivity contribution in [2.75, 3.05) is 12.4 Å². The summed E-state index contributed by atoms with van der Waals surface area (Å²) in [7, 11) is 0. The van der Waals surface area contributed by atoms with E-state index in [2.05, 4.69) is 11.9 Å². The number of aromatic nitrogens is 1. The molecule has 0 amide bonds. The summed E-state index contributed by atoms with van der Waals surface area (Å²) in [6.07, 6.45) is 10.2. The van der Waals surface area contributed by atoms with E-state index in [1.807, 2.05) is 0 Å². The molecule has 1 aromatic rings. The first-order valence-corrected chi connectivity index (χ1v) is 12.9. The van der Waals surface area contributed by atoms with Crippen molar-refractivity contribution in [3.63, 3.8) is 0 Å². The van der Waals surface area contributed by atoms with E-state index in [0.717, 1.165) is 22.9 Å². The number of ether oxygens (including phenoxy) is 1. The van der Waals surface area contributed by atoms with Crippen LogP contribution in [0, 0.1) is 11.8 Å². The summed E-state index contributed by atoms with van der Waals surface area (Å²) in [6.45, 7) is 4.39. The summed E-state index contributed by atoms with van der Waals surface area (Å²) in [5.74, 6) is 1.23. The van der Waals surface area contributed by atoms with Crippen LogP contribution in [0.1, 0.15) is 82.1 Å². The van der Waals surface area contributed by atoms with Gasteiger partial charge in [-0.25, -0.2) is 9.78 Å². The van der Waals surface area contributed by atoms with Crippen molar-refractivity contribution in [2.45, 2.75) is 87.5 Å². The number of thioether (sulfide) groups is 1. The number of halogens is 1. The minimum absolute atomic E-state index is 0.0621. The Morgan fingerprint density at radius 2 is 2.00 bits per heavy atom. The predicted molar refractivity (Wildman–Crippen MR) is 119 cm³/mol. The molecular formula is C21H34ClNO3S2. The topological polar surface area (TPSA) is 59.4 Å². The van der Waals surface area contributed by atoms with Crippen LogP contribution in [0.2, 0.25) is 0 Å². The molecule has 1 aliphatic carbocycles. The Hall–Kier alpha value is -0.300. The number of hydrogen-bond donors (Lipinski definition) is 1. The molecule has 0 bridgehead atoms. The van der Waals surface area contributed by atoms with E-state index < -0.39 is 0 Å². The number of esters is 1. The molecule has 1 heterocycles. The fraction of sp³-hybridized carbons (Fsp3) is 0.810. The van der Waals surface area contributed by atoms with Gasteiger partial charge >= 0.3 is 5.97 Å². The number of aliphatic hydroxyl groups is 1. The number of unbranched alkanes of at least 4 members (excludes halogenated alkanes) is 5. The highest BCUT2D eigenvalue weighted by Crippen LogP contribution is 2.42. The van der Waals surface area contributed by atoms with Crippen LogP contribution in [0.25, 0.3) is 0 Å². The first-order valence-electron chi connectivity index (χ1n) is 10.6. The maximum absolute atomic E-state index is 11.7. The van der Waals surface area contributed by atoms with Crippen molar-refractivity contribution in [1.82, 2.24) is 4.98 Å². The molecule has 1 aromatic heterocycles. The van der Waals surface area contributed by atoms with E-state index in [1.165, 1.54) is 49.9 Å². The lowest BCUT2D eigenvalue weighted by Crippen LogP contribution is -2.21. The second-order valence-electron chi connectivity index (χ2n) is 7.56. The third kappa shape index (κ3) is 7.51. The van der Waals surface area contributed by atoms with Crippen LogP contribution >= 0.6 is 34.7 Å². The number of thiazole rings is 1.